The molecule has 0 bridgehead atoms. The molecule has 0 atom stereocenters. The standard InChI is InChI=1S/C20H15BrN4O3/c1-13-2-4-14(5-3-13)20(27)28-18-7-6-16(21)10-15(18)11-24-25-19(26)17-12-22-8-9-23-17/h2-12H,1H3,(H,25,26). The summed E-state index contributed by atoms with van der Waals surface area (Å²) in [4.78, 5) is 32.0. The van der Waals surface area contributed by atoms with Gasteiger partial charge in [0.15, 0.2) is 0 Å². The fraction of sp³-hybridized carbons (Fsp3) is 0.0500. The number of esters is 1. The van der Waals surface area contributed by atoms with Gasteiger partial charge in [-0.25, -0.2) is 15.2 Å². The first kappa shape index (κ1) is 19.4. The Morgan fingerprint density at radius 3 is 2.64 bits per heavy atom. The van der Waals surface area contributed by atoms with E-state index in [-0.39, 0.29) is 5.69 Å². The number of nitrogens with zero attached hydrogens (tertiary/aromatic N) is 3. The van der Waals surface area contributed by atoms with Crippen molar-refractivity contribution >= 4 is 34.0 Å². The van der Waals surface area contributed by atoms with Gasteiger partial charge in [0.05, 0.1) is 18.0 Å². The second kappa shape index (κ2) is 9.01. The van der Waals surface area contributed by atoms with E-state index in [1.54, 1.807) is 30.3 Å². The summed E-state index contributed by atoms with van der Waals surface area (Å²) in [7, 11) is 0. The van der Waals surface area contributed by atoms with Gasteiger partial charge in [0, 0.05) is 22.4 Å². The van der Waals surface area contributed by atoms with Crippen LogP contribution in [0.2, 0.25) is 0 Å². The molecule has 2 aromatic carbocycles. The van der Waals surface area contributed by atoms with Crippen molar-refractivity contribution in [3.05, 3.63) is 87.9 Å². The molecule has 0 saturated carbocycles. The van der Waals surface area contributed by atoms with E-state index in [9.17, 15) is 9.59 Å². The minimum absolute atomic E-state index is 0.139. The monoisotopic (exact) mass is 438 g/mol. The van der Waals surface area contributed by atoms with Gasteiger partial charge in [-0.1, -0.05) is 33.6 Å². The van der Waals surface area contributed by atoms with Crippen LogP contribution in [0.15, 0.2) is 70.6 Å². The third-order valence-electron chi connectivity index (χ3n) is 3.63. The molecule has 0 fully saturated rings. The average Bonchev–Trinajstić information content (AvgIpc) is 2.71. The Hall–Kier alpha value is -3.39. The molecule has 7 nitrogen and oxygen atoms in total. The van der Waals surface area contributed by atoms with Crippen molar-refractivity contribution in [1.82, 2.24) is 15.4 Å². The van der Waals surface area contributed by atoms with E-state index in [1.165, 1.54) is 24.8 Å². The Kier molecular flexibility index (Phi) is 6.23. The summed E-state index contributed by atoms with van der Waals surface area (Å²) in [5.74, 6) is -0.676. The number of nitrogens with one attached hydrogen (secondary N) is 1. The highest BCUT2D eigenvalue weighted by atomic mass is 79.9. The van der Waals surface area contributed by atoms with Crippen molar-refractivity contribution in [3.63, 3.8) is 0 Å². The first-order valence-electron chi connectivity index (χ1n) is 8.21. The van der Waals surface area contributed by atoms with E-state index in [1.807, 2.05) is 19.1 Å². The molecule has 8 heteroatoms. The lowest BCUT2D eigenvalue weighted by atomic mass is 10.1. The largest absolute Gasteiger partial charge is 0.422 e. The van der Waals surface area contributed by atoms with Crippen molar-refractivity contribution in [2.45, 2.75) is 6.92 Å². The van der Waals surface area contributed by atoms with Crippen LogP contribution >= 0.6 is 15.9 Å². The Morgan fingerprint density at radius 1 is 1.14 bits per heavy atom. The second-order valence-electron chi connectivity index (χ2n) is 5.73. The van der Waals surface area contributed by atoms with E-state index in [0.29, 0.717) is 16.9 Å². The zero-order valence-corrected chi connectivity index (χ0v) is 16.4. The van der Waals surface area contributed by atoms with Crippen LogP contribution in [-0.2, 0) is 0 Å². The maximum Gasteiger partial charge on any atom is 0.343 e. The minimum Gasteiger partial charge on any atom is -0.422 e. The van der Waals surface area contributed by atoms with Crippen LogP contribution in [-0.4, -0.2) is 28.1 Å². The molecule has 3 rings (SSSR count). The summed E-state index contributed by atoms with van der Waals surface area (Å²) in [6.07, 6.45) is 5.60. The molecule has 1 aromatic heterocycles. The van der Waals surface area contributed by atoms with Gasteiger partial charge in [-0.2, -0.15) is 5.10 Å². The molecule has 1 heterocycles. The fourth-order valence-corrected chi connectivity index (χ4v) is 2.57. The molecular formula is C20H15BrN4O3. The number of amides is 1. The average molecular weight is 439 g/mol. The van der Waals surface area contributed by atoms with Crippen molar-refractivity contribution in [2.24, 2.45) is 5.10 Å². The van der Waals surface area contributed by atoms with Crippen LogP contribution in [0.5, 0.6) is 5.75 Å². The molecule has 0 radical (unpaired) electrons. The van der Waals surface area contributed by atoms with Crippen LogP contribution in [0.25, 0.3) is 0 Å². The van der Waals surface area contributed by atoms with Crippen LogP contribution in [0, 0.1) is 6.92 Å². The van der Waals surface area contributed by atoms with Crippen LogP contribution in [0.1, 0.15) is 32.0 Å². The third-order valence-corrected chi connectivity index (χ3v) is 4.12. The summed E-state index contributed by atoms with van der Waals surface area (Å²) < 4.78 is 6.25. The van der Waals surface area contributed by atoms with Gasteiger partial charge >= 0.3 is 5.97 Å². The highest BCUT2D eigenvalue weighted by Crippen LogP contribution is 2.23. The van der Waals surface area contributed by atoms with E-state index in [2.05, 4.69) is 36.4 Å². The van der Waals surface area contributed by atoms with Gasteiger partial charge in [0.2, 0.25) is 0 Å². The quantitative estimate of drug-likeness (QED) is 0.284. The number of aryl methyl sites for hydroxylation is 1. The van der Waals surface area contributed by atoms with Crippen LogP contribution in [0.4, 0.5) is 0 Å². The van der Waals surface area contributed by atoms with E-state index in [0.717, 1.165) is 10.0 Å². The maximum absolute atomic E-state index is 12.4. The van der Waals surface area contributed by atoms with Crippen LogP contribution in [0.3, 0.4) is 0 Å². The molecule has 1 amide bonds. The van der Waals surface area contributed by atoms with Gasteiger partial charge in [-0.05, 0) is 37.3 Å². The molecule has 0 aliphatic rings. The molecule has 0 unspecified atom stereocenters. The van der Waals surface area contributed by atoms with Crippen LogP contribution < -0.4 is 10.2 Å². The number of carbonyl (C=O) groups excluding carboxylic acids is 2. The summed E-state index contributed by atoms with van der Waals surface area (Å²) in [6.45, 7) is 1.94. The number of benzene rings is 2. The number of carbonyl (C=O) groups is 2. The van der Waals surface area contributed by atoms with Crippen molar-refractivity contribution in [1.29, 1.82) is 0 Å². The lowest BCUT2D eigenvalue weighted by Gasteiger charge is -2.08. The molecule has 3 aromatic rings. The predicted molar refractivity (Wildman–Crippen MR) is 107 cm³/mol. The lowest BCUT2D eigenvalue weighted by Crippen LogP contribution is -2.19. The topological polar surface area (TPSA) is 93.5 Å². The van der Waals surface area contributed by atoms with Gasteiger partial charge in [-0.15, -0.1) is 0 Å². The maximum atomic E-state index is 12.4. The Balaban J connectivity index is 1.74. The number of hydrogen-bond donors (Lipinski definition) is 1. The Bertz CT molecular complexity index is 1020. The smallest absolute Gasteiger partial charge is 0.343 e. The Morgan fingerprint density at radius 2 is 1.93 bits per heavy atom. The second-order valence-corrected chi connectivity index (χ2v) is 6.64. The normalized spacial score (nSPS) is 10.6. The molecule has 28 heavy (non-hydrogen) atoms. The number of ether oxygens (including phenoxy) is 1. The zero-order valence-electron chi connectivity index (χ0n) is 14.8. The highest BCUT2D eigenvalue weighted by Gasteiger charge is 2.12. The van der Waals surface area contributed by atoms with Crippen molar-refractivity contribution in [3.8, 4) is 5.75 Å². The summed E-state index contributed by atoms with van der Waals surface area (Å²) >= 11 is 3.37. The molecule has 1 N–H and O–H groups in total. The first-order valence-corrected chi connectivity index (χ1v) is 9.00. The molecule has 0 saturated heterocycles. The van der Waals surface area contributed by atoms with Gasteiger partial charge in [0.1, 0.15) is 11.4 Å². The van der Waals surface area contributed by atoms with Crippen molar-refractivity contribution < 1.29 is 14.3 Å². The summed E-state index contributed by atoms with van der Waals surface area (Å²) in [5, 5.41) is 3.91. The number of halogens is 1. The zero-order chi connectivity index (χ0) is 19.9. The molecule has 0 aliphatic heterocycles. The van der Waals surface area contributed by atoms with E-state index < -0.39 is 11.9 Å². The van der Waals surface area contributed by atoms with Gasteiger partial charge in [0.25, 0.3) is 5.91 Å². The molecule has 0 spiro atoms. The lowest BCUT2D eigenvalue weighted by molar-refractivity contribution is 0.0734. The van der Waals surface area contributed by atoms with Gasteiger partial charge in [-0.3, -0.25) is 9.78 Å². The number of rotatable bonds is 5. The molecule has 140 valence electrons. The third kappa shape index (κ3) is 5.08. The SMILES string of the molecule is Cc1ccc(C(=O)Oc2ccc(Br)cc2C=NNC(=O)c2cnccn2)cc1. The molecular weight excluding hydrogens is 424 g/mol. The first-order chi connectivity index (χ1) is 13.5. The predicted octanol–water partition coefficient (Wildman–Crippen LogP) is 3.53. The number of hydrogen-bond acceptors (Lipinski definition) is 6. The van der Waals surface area contributed by atoms with E-state index in [4.69, 9.17) is 4.74 Å². The number of hydrazone groups is 1. The summed E-state index contributed by atoms with van der Waals surface area (Å²) in [5.41, 5.74) is 4.49. The van der Waals surface area contributed by atoms with E-state index >= 15 is 0 Å². The summed E-state index contributed by atoms with van der Waals surface area (Å²) in [6, 6.07) is 12.2. The Labute approximate surface area is 169 Å². The number of aromatic nitrogens is 2. The van der Waals surface area contributed by atoms with Gasteiger partial charge < -0.3 is 4.74 Å². The highest BCUT2D eigenvalue weighted by molar-refractivity contribution is 9.10. The fourth-order valence-electron chi connectivity index (χ4n) is 2.20. The minimum atomic E-state index is -0.502. The molecule has 0 aliphatic carbocycles. The van der Waals surface area contributed by atoms with Crippen molar-refractivity contribution in [2.75, 3.05) is 0 Å².